The first-order chi connectivity index (χ1) is 23.8. The molecule has 0 bridgehead atoms. The number of carbonyl (C=O) groups excluding carboxylic acids is 1. The van der Waals surface area contributed by atoms with Gasteiger partial charge in [0.1, 0.15) is 0 Å². The summed E-state index contributed by atoms with van der Waals surface area (Å²) in [5.74, 6) is 1.31. The number of carbonyl (C=O) groups is 1. The molecule has 2 aromatic heterocycles. The van der Waals surface area contributed by atoms with Crippen LogP contribution >= 0.6 is 23.2 Å². The lowest BCUT2D eigenvalue weighted by Gasteiger charge is -2.40. The Morgan fingerprint density at radius 2 is 1.41 bits per heavy atom. The van der Waals surface area contributed by atoms with Crippen LogP contribution in [0.15, 0.2) is 48.5 Å². The van der Waals surface area contributed by atoms with E-state index < -0.39 is 0 Å². The van der Waals surface area contributed by atoms with Crippen LogP contribution in [0.2, 0.25) is 10.0 Å². The van der Waals surface area contributed by atoms with Crippen LogP contribution in [-0.4, -0.2) is 71.9 Å². The third-order valence-corrected chi connectivity index (χ3v) is 11.4. The maximum atomic E-state index is 11.7. The summed E-state index contributed by atoms with van der Waals surface area (Å²) in [6, 6.07) is 16.6. The number of aliphatic hydroxyl groups excluding tert-OH is 1. The number of aliphatic hydroxyl groups is 1. The molecule has 3 atom stereocenters. The Bertz CT molecular complexity index is 1950. The number of likely N-dealkylation sites (tertiary alicyclic amines) is 1. The van der Waals surface area contributed by atoms with Crippen molar-refractivity contribution in [2.45, 2.75) is 62.8 Å². The predicted octanol–water partition coefficient (Wildman–Crippen LogP) is 6.32. The molecule has 0 spiro atoms. The van der Waals surface area contributed by atoms with Crippen LogP contribution in [0, 0.1) is 0 Å². The lowest BCUT2D eigenvalue weighted by atomic mass is 9.97. The second-order valence-corrected chi connectivity index (χ2v) is 14.2. The molecule has 49 heavy (non-hydrogen) atoms. The second-order valence-electron chi connectivity index (χ2n) is 13.5. The van der Waals surface area contributed by atoms with Crippen LogP contribution in [0.5, 0.6) is 11.8 Å². The van der Waals surface area contributed by atoms with Crippen molar-refractivity contribution in [2.75, 3.05) is 33.9 Å². The largest absolute Gasteiger partial charge is 0.481 e. The summed E-state index contributed by atoms with van der Waals surface area (Å²) in [5, 5.41) is 17.7. The van der Waals surface area contributed by atoms with Gasteiger partial charge in [-0.3, -0.25) is 9.69 Å². The van der Waals surface area contributed by atoms with Crippen molar-refractivity contribution in [3.05, 3.63) is 80.8 Å². The van der Waals surface area contributed by atoms with Gasteiger partial charge in [0.05, 0.1) is 41.8 Å². The smallest absolute Gasteiger partial charge is 0.220 e. The molecule has 4 aromatic rings. The van der Waals surface area contributed by atoms with Crippen molar-refractivity contribution in [2.24, 2.45) is 0 Å². The highest BCUT2D eigenvalue weighted by molar-refractivity contribution is 6.39. The monoisotopic (exact) mass is 699 g/mol. The number of benzene rings is 2. The highest BCUT2D eigenvalue weighted by Crippen LogP contribution is 2.47. The topological polar surface area (TPSA) is 109 Å². The van der Waals surface area contributed by atoms with E-state index in [4.69, 9.17) is 42.6 Å². The lowest BCUT2D eigenvalue weighted by Crippen LogP contribution is -2.51. The van der Waals surface area contributed by atoms with Crippen molar-refractivity contribution >= 4 is 29.1 Å². The first kappa shape index (κ1) is 32.5. The number of pyridine rings is 2. The first-order valence-electron chi connectivity index (χ1n) is 17.0. The summed E-state index contributed by atoms with van der Waals surface area (Å²) >= 11 is 14.4. The molecular formula is C38H39Cl2N5O4. The standard InChI is InChI=1S/C38H39Cl2N5O4/c1-48-37-33-20(9-12-28(33)41-17-22-11-14-32(47)42-22)15-29(43-37)26-7-3-5-24(35(26)39)25-6-4-8-27(36(25)40)30-16-21-10-13-31(45-18-23(46)19-45)34(21)38(44-30)49-2/h3-8,15-16,22-23,28,31,41,46H,9-14,17-19H2,1-2H3,(H,42,47)/t22-,28-,31+/m0/s1. The van der Waals surface area contributed by atoms with Crippen molar-refractivity contribution in [3.8, 4) is 45.4 Å². The fraction of sp³-hybridized carbons (Fsp3) is 0.395. The molecule has 0 saturated carbocycles. The normalized spacial score (nSPS) is 21.7. The number of aryl methyl sites for hydroxylation is 2. The van der Waals surface area contributed by atoms with Gasteiger partial charge in [-0.1, -0.05) is 59.6 Å². The summed E-state index contributed by atoms with van der Waals surface area (Å²) in [7, 11) is 3.31. The summed E-state index contributed by atoms with van der Waals surface area (Å²) in [5.41, 5.74) is 9.27. The van der Waals surface area contributed by atoms with E-state index in [1.54, 1.807) is 14.2 Å². The molecule has 4 aliphatic rings. The molecule has 11 heteroatoms. The number of halogens is 2. The molecule has 3 N–H and O–H groups in total. The van der Waals surface area contributed by atoms with Gasteiger partial charge in [-0.15, -0.1) is 0 Å². The average Bonchev–Trinajstić information content (AvgIpc) is 3.83. The molecule has 2 saturated heterocycles. The van der Waals surface area contributed by atoms with E-state index in [9.17, 15) is 9.90 Å². The maximum Gasteiger partial charge on any atom is 0.220 e. The van der Waals surface area contributed by atoms with Crippen LogP contribution < -0.4 is 20.1 Å². The minimum atomic E-state index is -0.261. The molecule has 2 aliphatic heterocycles. The highest BCUT2D eigenvalue weighted by Gasteiger charge is 2.38. The van der Waals surface area contributed by atoms with E-state index in [-0.39, 0.29) is 30.1 Å². The number of nitrogens with one attached hydrogen (secondary N) is 2. The maximum absolute atomic E-state index is 11.7. The molecule has 8 rings (SSSR count). The molecule has 2 fully saturated rings. The number of β-amino-alcohol motifs (C(OH)–C–C–N with tert-alkyl or cyclic N) is 1. The number of aromatic nitrogens is 2. The van der Waals surface area contributed by atoms with Crippen molar-refractivity contribution in [3.63, 3.8) is 0 Å². The van der Waals surface area contributed by atoms with Gasteiger partial charge < -0.3 is 25.2 Å². The Morgan fingerprint density at radius 3 is 1.98 bits per heavy atom. The van der Waals surface area contributed by atoms with Crippen LogP contribution in [0.4, 0.5) is 0 Å². The number of amides is 1. The average molecular weight is 701 g/mol. The zero-order chi connectivity index (χ0) is 33.8. The SMILES string of the molecule is COc1nc(-c2cccc(-c3cccc(-c4cc5c(c(OC)n4)[C@H](N4CC(O)C4)CC5)c3Cl)c2Cl)cc2c1[C@@H](NC[C@@H]1CCC(=O)N1)CC2. The minimum absolute atomic E-state index is 0.105. The van der Waals surface area contributed by atoms with E-state index in [1.165, 1.54) is 11.1 Å². The third kappa shape index (κ3) is 5.85. The minimum Gasteiger partial charge on any atom is -0.481 e. The Hall–Kier alpha value is -3.73. The van der Waals surface area contributed by atoms with Gasteiger partial charge in [-0.2, -0.15) is 0 Å². The zero-order valence-corrected chi connectivity index (χ0v) is 29.1. The van der Waals surface area contributed by atoms with Gasteiger partial charge in [0.2, 0.25) is 17.7 Å². The lowest BCUT2D eigenvalue weighted by molar-refractivity contribution is -0.119. The van der Waals surface area contributed by atoms with E-state index in [0.717, 1.165) is 76.9 Å². The zero-order valence-electron chi connectivity index (χ0n) is 27.6. The number of ether oxygens (including phenoxy) is 2. The highest BCUT2D eigenvalue weighted by atomic mass is 35.5. The van der Waals surface area contributed by atoms with E-state index in [2.05, 4.69) is 27.7 Å². The number of hydrogen-bond acceptors (Lipinski definition) is 8. The van der Waals surface area contributed by atoms with Crippen molar-refractivity contribution in [1.29, 1.82) is 0 Å². The van der Waals surface area contributed by atoms with Gasteiger partial charge >= 0.3 is 0 Å². The number of fused-ring (bicyclic) bond motifs is 2. The van der Waals surface area contributed by atoms with Crippen LogP contribution in [-0.2, 0) is 17.6 Å². The molecule has 9 nitrogen and oxygen atoms in total. The molecule has 1 amide bonds. The predicted molar refractivity (Wildman–Crippen MR) is 190 cm³/mol. The van der Waals surface area contributed by atoms with Gasteiger partial charge in [-0.25, -0.2) is 9.97 Å². The summed E-state index contributed by atoms with van der Waals surface area (Å²) in [4.78, 5) is 23.9. The number of nitrogens with zero attached hydrogens (tertiary/aromatic N) is 3. The number of hydrogen-bond donors (Lipinski definition) is 3. The second kappa shape index (κ2) is 13.2. The molecule has 254 valence electrons. The molecule has 0 radical (unpaired) electrons. The fourth-order valence-corrected chi connectivity index (χ4v) is 8.73. The molecular weight excluding hydrogens is 661 g/mol. The molecule has 0 unspecified atom stereocenters. The van der Waals surface area contributed by atoms with Gasteiger partial charge in [-0.05, 0) is 55.4 Å². The Morgan fingerprint density at radius 1 is 0.837 bits per heavy atom. The van der Waals surface area contributed by atoms with Crippen molar-refractivity contribution < 1.29 is 19.4 Å². The molecule has 4 heterocycles. The Labute approximate surface area is 296 Å². The third-order valence-electron chi connectivity index (χ3n) is 10.5. The van der Waals surface area contributed by atoms with E-state index >= 15 is 0 Å². The number of rotatable bonds is 9. The van der Waals surface area contributed by atoms with Gasteiger partial charge in [0, 0.05) is 77.6 Å². The summed E-state index contributed by atoms with van der Waals surface area (Å²) in [6.45, 7) is 2.07. The first-order valence-corrected chi connectivity index (χ1v) is 17.8. The van der Waals surface area contributed by atoms with Crippen LogP contribution in [0.3, 0.4) is 0 Å². The quantitative estimate of drug-likeness (QED) is 0.186. The van der Waals surface area contributed by atoms with E-state index in [0.29, 0.717) is 47.9 Å². The molecule has 2 aliphatic carbocycles. The van der Waals surface area contributed by atoms with Crippen LogP contribution in [0.25, 0.3) is 33.6 Å². The van der Waals surface area contributed by atoms with Gasteiger partial charge in [0.25, 0.3) is 0 Å². The van der Waals surface area contributed by atoms with Crippen molar-refractivity contribution in [1.82, 2.24) is 25.5 Å². The number of methoxy groups -OCH3 is 2. The van der Waals surface area contributed by atoms with Crippen LogP contribution in [0.1, 0.15) is 60.0 Å². The Kier molecular flexibility index (Phi) is 8.74. The summed E-state index contributed by atoms with van der Waals surface area (Å²) in [6.07, 6.45) is 4.88. The molecule has 2 aromatic carbocycles. The Balaban J connectivity index is 1.10. The summed E-state index contributed by atoms with van der Waals surface area (Å²) < 4.78 is 11.7. The fourth-order valence-electron chi connectivity index (χ4n) is 8.08. The van der Waals surface area contributed by atoms with E-state index in [1.807, 2.05) is 36.4 Å². The van der Waals surface area contributed by atoms with Gasteiger partial charge in [0.15, 0.2) is 0 Å².